The van der Waals surface area contributed by atoms with Crippen molar-refractivity contribution >= 4 is 28.9 Å². The van der Waals surface area contributed by atoms with Crippen molar-refractivity contribution in [2.75, 3.05) is 18.4 Å². The Morgan fingerprint density at radius 2 is 2.24 bits per heavy atom. The molecule has 0 unspecified atom stereocenters. The number of hydrogen-bond donors (Lipinski definition) is 1. The van der Waals surface area contributed by atoms with Crippen LogP contribution in [0.5, 0.6) is 0 Å². The van der Waals surface area contributed by atoms with Gasteiger partial charge in [-0.15, -0.1) is 0 Å². The first-order valence-corrected chi connectivity index (χ1v) is 8.49. The number of likely N-dealkylation sites (tertiary alicyclic amines) is 1. The number of carbonyl (C=O) groups excluding carboxylic acids is 1. The zero-order chi connectivity index (χ0) is 17.2. The predicted molar refractivity (Wildman–Crippen MR) is 95.4 cm³/mol. The van der Waals surface area contributed by atoms with E-state index in [1.807, 2.05) is 18.3 Å². The van der Waals surface area contributed by atoms with Crippen LogP contribution in [0.2, 0.25) is 5.02 Å². The van der Waals surface area contributed by atoms with Crippen molar-refractivity contribution in [3.8, 4) is 0 Å². The number of carbonyl (C=O) groups is 1. The molecule has 1 N–H and O–H groups in total. The number of rotatable bonds is 4. The summed E-state index contributed by atoms with van der Waals surface area (Å²) in [6.45, 7) is 2.27. The highest BCUT2D eigenvalue weighted by Gasteiger charge is 2.44. The Morgan fingerprint density at radius 3 is 3.04 bits per heavy atom. The second-order valence-electron chi connectivity index (χ2n) is 6.25. The lowest BCUT2D eigenvalue weighted by molar-refractivity contribution is -0.110. The second-order valence-corrected chi connectivity index (χ2v) is 6.68. The van der Waals surface area contributed by atoms with Crippen molar-refractivity contribution in [2.24, 2.45) is 11.1 Å². The SMILES string of the molecule is O=C(Nc1cccc(Cl)c1)C1=NO[C@@H]2CN(Cc3cccnc3)C[C@H]12. The summed E-state index contributed by atoms with van der Waals surface area (Å²) < 4.78 is 0. The number of amides is 1. The summed E-state index contributed by atoms with van der Waals surface area (Å²) in [6, 6.07) is 11.0. The van der Waals surface area contributed by atoms with Gasteiger partial charge < -0.3 is 10.2 Å². The van der Waals surface area contributed by atoms with E-state index in [9.17, 15) is 4.79 Å². The highest BCUT2D eigenvalue weighted by Crippen LogP contribution is 2.29. The zero-order valence-electron chi connectivity index (χ0n) is 13.4. The maximum absolute atomic E-state index is 12.5. The summed E-state index contributed by atoms with van der Waals surface area (Å²) in [4.78, 5) is 24.4. The normalized spacial score (nSPS) is 22.2. The molecule has 1 amide bonds. The van der Waals surface area contributed by atoms with Gasteiger partial charge in [-0.3, -0.25) is 14.7 Å². The summed E-state index contributed by atoms with van der Waals surface area (Å²) in [6.07, 6.45) is 3.54. The monoisotopic (exact) mass is 356 g/mol. The molecule has 4 rings (SSSR count). The summed E-state index contributed by atoms with van der Waals surface area (Å²) in [5, 5.41) is 7.42. The van der Waals surface area contributed by atoms with Crippen molar-refractivity contribution in [3.05, 3.63) is 59.4 Å². The Morgan fingerprint density at radius 1 is 1.32 bits per heavy atom. The number of halogens is 1. The number of anilines is 1. The van der Waals surface area contributed by atoms with Crippen LogP contribution in [0.3, 0.4) is 0 Å². The standard InChI is InChI=1S/C18H17ClN4O2/c19-13-4-1-5-14(7-13)21-18(24)17-15-10-23(11-16(15)25-22-17)9-12-3-2-6-20-8-12/h1-8,15-16H,9-11H2,(H,21,24)/t15-,16+/m0/s1. The maximum atomic E-state index is 12.5. The van der Waals surface area contributed by atoms with E-state index in [1.54, 1.807) is 30.5 Å². The van der Waals surface area contributed by atoms with Crippen LogP contribution in [0, 0.1) is 5.92 Å². The van der Waals surface area contributed by atoms with Gasteiger partial charge in [-0.05, 0) is 29.8 Å². The highest BCUT2D eigenvalue weighted by molar-refractivity contribution is 6.44. The van der Waals surface area contributed by atoms with E-state index in [2.05, 4.69) is 20.4 Å². The third kappa shape index (κ3) is 3.50. The van der Waals surface area contributed by atoms with E-state index in [-0.39, 0.29) is 17.9 Å². The number of aromatic nitrogens is 1. The largest absolute Gasteiger partial charge is 0.390 e. The van der Waals surface area contributed by atoms with Crippen LogP contribution in [-0.4, -0.2) is 40.7 Å². The van der Waals surface area contributed by atoms with Gasteiger partial charge in [0.05, 0.1) is 5.92 Å². The van der Waals surface area contributed by atoms with Gasteiger partial charge in [-0.2, -0.15) is 0 Å². The molecule has 128 valence electrons. The van der Waals surface area contributed by atoms with Gasteiger partial charge in [-0.1, -0.05) is 28.9 Å². The van der Waals surface area contributed by atoms with E-state index in [4.69, 9.17) is 16.4 Å². The number of nitrogens with zero attached hydrogens (tertiary/aromatic N) is 3. The Labute approximate surface area is 150 Å². The van der Waals surface area contributed by atoms with E-state index >= 15 is 0 Å². The molecule has 3 heterocycles. The smallest absolute Gasteiger partial charge is 0.273 e. The average Bonchev–Trinajstić information content (AvgIpc) is 3.15. The number of pyridine rings is 1. The minimum absolute atomic E-state index is 0.0177. The van der Waals surface area contributed by atoms with Gasteiger partial charge in [0.1, 0.15) is 6.10 Å². The molecular weight excluding hydrogens is 340 g/mol. The van der Waals surface area contributed by atoms with Crippen LogP contribution < -0.4 is 5.32 Å². The van der Waals surface area contributed by atoms with Gasteiger partial charge in [-0.25, -0.2) is 0 Å². The van der Waals surface area contributed by atoms with Gasteiger partial charge >= 0.3 is 0 Å². The predicted octanol–water partition coefficient (Wildman–Crippen LogP) is 2.56. The Hall–Kier alpha value is -2.44. The number of benzene rings is 1. The van der Waals surface area contributed by atoms with Crippen LogP contribution in [0.25, 0.3) is 0 Å². The minimum Gasteiger partial charge on any atom is -0.390 e. The van der Waals surface area contributed by atoms with E-state index in [0.717, 1.165) is 25.2 Å². The molecule has 2 aliphatic heterocycles. The number of nitrogens with one attached hydrogen (secondary N) is 1. The zero-order valence-corrected chi connectivity index (χ0v) is 14.2. The molecule has 1 saturated heterocycles. The van der Waals surface area contributed by atoms with Crippen molar-refractivity contribution in [1.82, 2.24) is 9.88 Å². The molecular formula is C18H17ClN4O2. The molecule has 0 bridgehead atoms. The van der Waals surface area contributed by atoms with Crippen LogP contribution >= 0.6 is 11.6 Å². The molecule has 0 spiro atoms. The lowest BCUT2D eigenvalue weighted by Gasteiger charge is -2.15. The van der Waals surface area contributed by atoms with E-state index in [1.165, 1.54) is 0 Å². The molecule has 0 radical (unpaired) electrons. The van der Waals surface area contributed by atoms with Crippen LogP contribution in [0.15, 0.2) is 53.9 Å². The van der Waals surface area contributed by atoms with Gasteiger partial charge in [0.25, 0.3) is 5.91 Å². The number of oxime groups is 1. The molecule has 7 heteroatoms. The fraction of sp³-hybridized carbons (Fsp3) is 0.278. The van der Waals surface area contributed by atoms with E-state index < -0.39 is 0 Å². The van der Waals surface area contributed by atoms with Crippen molar-refractivity contribution in [3.63, 3.8) is 0 Å². The topological polar surface area (TPSA) is 66.8 Å². The molecule has 6 nitrogen and oxygen atoms in total. The first kappa shape index (κ1) is 16.1. The Balaban J connectivity index is 1.40. The molecule has 1 aromatic heterocycles. The molecule has 2 atom stereocenters. The number of fused-ring (bicyclic) bond motifs is 1. The summed E-state index contributed by atoms with van der Waals surface area (Å²) in [5.41, 5.74) is 2.23. The Kier molecular flexibility index (Phi) is 4.38. The molecule has 1 fully saturated rings. The van der Waals surface area contributed by atoms with E-state index in [0.29, 0.717) is 16.4 Å². The van der Waals surface area contributed by atoms with Gasteiger partial charge in [0, 0.05) is 42.7 Å². The maximum Gasteiger partial charge on any atom is 0.273 e. The number of hydrogen-bond acceptors (Lipinski definition) is 5. The molecule has 0 aliphatic carbocycles. The van der Waals surface area contributed by atoms with Crippen molar-refractivity contribution < 1.29 is 9.63 Å². The summed E-state index contributed by atoms with van der Waals surface area (Å²) in [7, 11) is 0. The lowest BCUT2D eigenvalue weighted by atomic mass is 10.0. The van der Waals surface area contributed by atoms with Crippen LogP contribution in [0.1, 0.15) is 5.56 Å². The average molecular weight is 357 g/mol. The van der Waals surface area contributed by atoms with Crippen LogP contribution in [-0.2, 0) is 16.2 Å². The molecule has 0 saturated carbocycles. The molecule has 2 aliphatic rings. The summed E-state index contributed by atoms with van der Waals surface area (Å²) in [5.74, 6) is -0.256. The first-order chi connectivity index (χ1) is 12.2. The summed E-state index contributed by atoms with van der Waals surface area (Å²) >= 11 is 5.96. The van der Waals surface area contributed by atoms with Gasteiger partial charge in [0.15, 0.2) is 5.71 Å². The third-order valence-electron chi connectivity index (χ3n) is 4.42. The Bertz CT molecular complexity index is 812. The quantitative estimate of drug-likeness (QED) is 0.914. The van der Waals surface area contributed by atoms with Crippen molar-refractivity contribution in [2.45, 2.75) is 12.6 Å². The molecule has 25 heavy (non-hydrogen) atoms. The fourth-order valence-electron chi connectivity index (χ4n) is 3.26. The minimum atomic E-state index is -0.238. The lowest BCUT2D eigenvalue weighted by Crippen LogP contribution is -2.32. The molecule has 1 aromatic carbocycles. The molecule has 2 aromatic rings. The highest BCUT2D eigenvalue weighted by atomic mass is 35.5. The third-order valence-corrected chi connectivity index (χ3v) is 4.66. The van der Waals surface area contributed by atoms with Crippen LogP contribution in [0.4, 0.5) is 5.69 Å². The van der Waals surface area contributed by atoms with Crippen molar-refractivity contribution in [1.29, 1.82) is 0 Å². The fourth-order valence-corrected chi connectivity index (χ4v) is 3.45. The first-order valence-electron chi connectivity index (χ1n) is 8.11. The van der Waals surface area contributed by atoms with Gasteiger partial charge in [0.2, 0.25) is 0 Å². The second kappa shape index (κ2) is 6.82.